The molecule has 41 heavy (non-hydrogen) atoms. The molecular formula is C30H40N6O4S. The van der Waals surface area contributed by atoms with Crippen LogP contribution in [0.1, 0.15) is 75.9 Å². The Labute approximate surface area is 244 Å². The van der Waals surface area contributed by atoms with Gasteiger partial charge in [-0.05, 0) is 108 Å². The minimum absolute atomic E-state index is 0.120. The molecule has 0 unspecified atom stereocenters. The number of carbonyl (C=O) groups is 2. The molecule has 1 aliphatic carbocycles. The summed E-state index contributed by atoms with van der Waals surface area (Å²) in [4.78, 5) is 42.7. The Hall–Kier alpha value is -3.57. The number of H-pyrrole nitrogens is 1. The summed E-state index contributed by atoms with van der Waals surface area (Å²) < 4.78 is 5.87. The molecule has 1 fully saturated rings. The molecule has 1 aromatic carbocycles. The lowest BCUT2D eigenvalue weighted by Gasteiger charge is -2.19. The van der Waals surface area contributed by atoms with Gasteiger partial charge >= 0.3 is 4.87 Å². The minimum atomic E-state index is -0.426. The van der Waals surface area contributed by atoms with Crippen LogP contribution < -0.4 is 15.3 Å². The third kappa shape index (κ3) is 8.71. The number of ether oxygens (including phenoxy) is 1. The molecule has 0 radical (unpaired) electrons. The fourth-order valence-electron chi connectivity index (χ4n) is 5.26. The number of primary amides is 1. The average Bonchev–Trinajstić information content (AvgIpc) is 3.61. The number of benzene rings is 1. The van der Waals surface area contributed by atoms with Gasteiger partial charge in [-0.2, -0.15) is 5.10 Å². The summed E-state index contributed by atoms with van der Waals surface area (Å²) in [5.74, 6) is 0.753. The van der Waals surface area contributed by atoms with Gasteiger partial charge in [0.1, 0.15) is 17.4 Å². The highest BCUT2D eigenvalue weighted by atomic mass is 32.1. The lowest BCUT2D eigenvalue weighted by molar-refractivity contribution is -0.130. The van der Waals surface area contributed by atoms with Crippen LogP contribution >= 0.6 is 11.3 Å². The molecule has 1 saturated heterocycles. The molecule has 0 saturated carbocycles. The maximum absolute atomic E-state index is 12.0. The highest BCUT2D eigenvalue weighted by molar-refractivity contribution is 7.08. The summed E-state index contributed by atoms with van der Waals surface area (Å²) in [7, 11) is 4.02. The maximum atomic E-state index is 12.0. The standard InChI is InChI=1S/C18H20N2O2.C12H20N4O2S/c1-12-10-14(16-4-2-3-5-17(16)20-12)11-22-15-8-6-13(7-9-15)18(19)21;1-15(2)6-3-4-10(17)16-7-5-9(8-16)11-13-14-12(18)19-11/h6-10H,2-5,11H2,1H3,(H2,19,21);9H,3-8H2,1-2H3,(H,14,18)/t;9-/m.1/s1. The van der Waals surface area contributed by atoms with Gasteiger partial charge in [0, 0.05) is 42.4 Å². The first-order valence-corrected chi connectivity index (χ1v) is 15.0. The quantitative estimate of drug-likeness (QED) is 0.396. The van der Waals surface area contributed by atoms with Gasteiger partial charge in [0.25, 0.3) is 0 Å². The number of hydrogen-bond donors (Lipinski definition) is 2. The molecule has 220 valence electrons. The Morgan fingerprint density at radius 3 is 2.63 bits per heavy atom. The van der Waals surface area contributed by atoms with Crippen molar-refractivity contribution < 1.29 is 14.3 Å². The number of aryl methyl sites for hydroxylation is 2. The van der Waals surface area contributed by atoms with Crippen molar-refractivity contribution in [1.29, 1.82) is 0 Å². The third-order valence-corrected chi connectivity index (χ3v) is 8.31. The zero-order valence-electron chi connectivity index (χ0n) is 24.1. The van der Waals surface area contributed by atoms with E-state index in [0.29, 0.717) is 25.1 Å². The Balaban J connectivity index is 0.000000191. The number of fused-ring (bicyclic) bond motifs is 1. The molecule has 2 aromatic heterocycles. The molecule has 1 atom stereocenters. The van der Waals surface area contributed by atoms with Crippen molar-refractivity contribution >= 4 is 23.2 Å². The van der Waals surface area contributed by atoms with Crippen LogP contribution in [0.15, 0.2) is 35.1 Å². The van der Waals surface area contributed by atoms with Crippen LogP contribution in [0, 0.1) is 6.92 Å². The zero-order chi connectivity index (χ0) is 29.4. The summed E-state index contributed by atoms with van der Waals surface area (Å²) in [5, 5.41) is 7.28. The van der Waals surface area contributed by atoms with Gasteiger partial charge in [-0.1, -0.05) is 11.3 Å². The Bertz CT molecular complexity index is 1380. The van der Waals surface area contributed by atoms with E-state index in [9.17, 15) is 14.4 Å². The van der Waals surface area contributed by atoms with Crippen molar-refractivity contribution in [1.82, 2.24) is 25.0 Å². The SMILES string of the molecule is CN(C)CCCC(=O)N1CC[C@@H](c2n[nH]c(=O)s2)C1.Cc1cc(COc2ccc(C(N)=O)cc2)c2c(n1)CCCC2. The molecule has 10 nitrogen and oxygen atoms in total. The Morgan fingerprint density at radius 2 is 1.95 bits per heavy atom. The molecule has 3 heterocycles. The first-order chi connectivity index (χ1) is 19.7. The molecule has 0 spiro atoms. The van der Waals surface area contributed by atoms with Crippen LogP contribution in [0.5, 0.6) is 5.75 Å². The second-order valence-corrected chi connectivity index (χ2v) is 11.9. The number of nitrogens with zero attached hydrogens (tertiary/aromatic N) is 4. The van der Waals surface area contributed by atoms with E-state index in [-0.39, 0.29) is 16.7 Å². The zero-order valence-corrected chi connectivity index (χ0v) is 25.0. The van der Waals surface area contributed by atoms with E-state index in [1.165, 1.54) is 29.7 Å². The molecule has 2 amide bonds. The summed E-state index contributed by atoms with van der Waals surface area (Å²) in [6, 6.07) is 9.04. The van der Waals surface area contributed by atoms with Crippen molar-refractivity contribution in [3.05, 3.63) is 73.1 Å². The van der Waals surface area contributed by atoms with Crippen molar-refractivity contribution in [3.8, 4) is 5.75 Å². The third-order valence-electron chi connectivity index (χ3n) is 7.39. The van der Waals surface area contributed by atoms with Crippen molar-refractivity contribution in [3.63, 3.8) is 0 Å². The van der Waals surface area contributed by atoms with Gasteiger partial charge in [0.2, 0.25) is 11.8 Å². The lowest BCUT2D eigenvalue weighted by Crippen LogP contribution is -2.29. The number of aromatic amines is 1. The van der Waals surface area contributed by atoms with Gasteiger partial charge < -0.3 is 20.3 Å². The smallest absolute Gasteiger partial charge is 0.322 e. The maximum Gasteiger partial charge on any atom is 0.322 e. The highest BCUT2D eigenvalue weighted by Crippen LogP contribution is 2.27. The van der Waals surface area contributed by atoms with E-state index in [1.807, 2.05) is 25.9 Å². The molecule has 11 heteroatoms. The van der Waals surface area contributed by atoms with Crippen LogP contribution in [-0.4, -0.2) is 70.5 Å². The van der Waals surface area contributed by atoms with Crippen molar-refractivity contribution in [2.75, 3.05) is 33.7 Å². The predicted octanol–water partition coefficient (Wildman–Crippen LogP) is 3.44. The number of amides is 2. The van der Waals surface area contributed by atoms with E-state index < -0.39 is 5.91 Å². The van der Waals surface area contributed by atoms with Gasteiger partial charge in [0.05, 0.1) is 0 Å². The number of likely N-dealkylation sites (tertiary alicyclic amines) is 1. The van der Waals surface area contributed by atoms with E-state index in [0.717, 1.165) is 66.6 Å². The molecule has 2 aliphatic rings. The number of carbonyl (C=O) groups excluding carboxylic acids is 2. The lowest BCUT2D eigenvalue weighted by atomic mass is 9.92. The van der Waals surface area contributed by atoms with Crippen LogP contribution in [0.3, 0.4) is 0 Å². The summed E-state index contributed by atoms with van der Waals surface area (Å²) >= 11 is 1.15. The monoisotopic (exact) mass is 580 g/mol. The van der Waals surface area contributed by atoms with Crippen LogP contribution in [0.25, 0.3) is 0 Å². The molecule has 1 aliphatic heterocycles. The molecule has 5 rings (SSSR count). The van der Waals surface area contributed by atoms with Crippen LogP contribution in [-0.2, 0) is 24.2 Å². The normalized spacial score (nSPS) is 16.2. The first kappa shape index (κ1) is 30.4. The van der Waals surface area contributed by atoms with Gasteiger partial charge in [-0.15, -0.1) is 0 Å². The largest absolute Gasteiger partial charge is 0.489 e. The number of aromatic nitrogens is 3. The topological polar surface area (TPSA) is 135 Å². The van der Waals surface area contributed by atoms with E-state index >= 15 is 0 Å². The number of hydrogen-bond acceptors (Lipinski definition) is 8. The molecule has 0 bridgehead atoms. The molecular weight excluding hydrogens is 540 g/mol. The second kappa shape index (κ2) is 14.4. The van der Waals surface area contributed by atoms with E-state index in [1.54, 1.807) is 24.3 Å². The van der Waals surface area contributed by atoms with E-state index in [4.69, 9.17) is 10.5 Å². The summed E-state index contributed by atoms with van der Waals surface area (Å²) in [5.41, 5.74) is 10.6. The number of pyridine rings is 1. The number of nitrogens with one attached hydrogen (secondary N) is 1. The fraction of sp³-hybridized carbons (Fsp3) is 0.500. The highest BCUT2D eigenvalue weighted by Gasteiger charge is 2.29. The number of nitrogens with two attached hydrogens (primary N) is 1. The molecule has 3 N–H and O–H groups in total. The first-order valence-electron chi connectivity index (χ1n) is 14.2. The van der Waals surface area contributed by atoms with Crippen LogP contribution in [0.4, 0.5) is 0 Å². The van der Waals surface area contributed by atoms with Gasteiger partial charge in [0.15, 0.2) is 0 Å². The average molecular weight is 581 g/mol. The Kier molecular flexibility index (Phi) is 10.6. The van der Waals surface area contributed by atoms with Gasteiger partial charge in [-0.3, -0.25) is 19.4 Å². The fourth-order valence-corrected chi connectivity index (χ4v) is 5.99. The van der Waals surface area contributed by atoms with Gasteiger partial charge in [-0.25, -0.2) is 5.10 Å². The predicted molar refractivity (Wildman–Crippen MR) is 159 cm³/mol. The minimum Gasteiger partial charge on any atom is -0.489 e. The number of rotatable bonds is 9. The van der Waals surface area contributed by atoms with Crippen molar-refractivity contribution in [2.24, 2.45) is 5.73 Å². The summed E-state index contributed by atoms with van der Waals surface area (Å²) in [6.07, 6.45) is 6.99. The Morgan fingerprint density at radius 1 is 1.20 bits per heavy atom. The van der Waals surface area contributed by atoms with Crippen LogP contribution in [0.2, 0.25) is 0 Å². The second-order valence-electron chi connectivity index (χ2n) is 10.9. The van der Waals surface area contributed by atoms with E-state index in [2.05, 4.69) is 26.1 Å². The molecule has 3 aromatic rings. The van der Waals surface area contributed by atoms with Crippen molar-refractivity contribution in [2.45, 2.75) is 64.4 Å². The summed E-state index contributed by atoms with van der Waals surface area (Å²) in [6.45, 7) is 4.96.